The van der Waals surface area contributed by atoms with Gasteiger partial charge in [0.15, 0.2) is 5.92 Å². The normalized spacial score (nSPS) is 18.8. The number of barbiturate groups is 1. The summed E-state index contributed by atoms with van der Waals surface area (Å²) in [5.41, 5.74) is 0.814. The Kier molecular flexibility index (Phi) is 5.59. The maximum atomic E-state index is 12.4. The van der Waals surface area contributed by atoms with Gasteiger partial charge in [0.25, 0.3) is 0 Å². The lowest BCUT2D eigenvalue weighted by molar-refractivity contribution is -0.139. The molecule has 0 aromatic heterocycles. The molecule has 1 aromatic carbocycles. The van der Waals surface area contributed by atoms with Gasteiger partial charge in [-0.25, -0.2) is 4.79 Å². The van der Waals surface area contributed by atoms with E-state index in [4.69, 9.17) is 0 Å². The molecule has 23 heavy (non-hydrogen) atoms. The van der Waals surface area contributed by atoms with E-state index in [0.29, 0.717) is 13.1 Å². The highest BCUT2D eigenvalue weighted by atomic mass is 16.2. The van der Waals surface area contributed by atoms with E-state index in [1.54, 1.807) is 0 Å². The summed E-state index contributed by atoms with van der Waals surface area (Å²) in [5.74, 6) is -2.23. The van der Waals surface area contributed by atoms with Crippen LogP contribution in [0.15, 0.2) is 35.3 Å². The molecule has 7 nitrogen and oxygen atoms in total. The summed E-state index contributed by atoms with van der Waals surface area (Å²) >= 11 is 0. The van der Waals surface area contributed by atoms with Crippen LogP contribution in [-0.2, 0) is 16.1 Å². The molecular formula is C16H20N4O3. The van der Waals surface area contributed by atoms with E-state index in [1.165, 1.54) is 6.21 Å². The first kappa shape index (κ1) is 16.8. The first-order chi connectivity index (χ1) is 11.0. The molecule has 1 fully saturated rings. The zero-order valence-corrected chi connectivity index (χ0v) is 13.2. The van der Waals surface area contributed by atoms with Crippen LogP contribution in [-0.4, -0.2) is 61.0 Å². The van der Waals surface area contributed by atoms with Gasteiger partial charge in [-0.3, -0.25) is 24.8 Å². The largest absolute Gasteiger partial charge is 0.331 e. The Morgan fingerprint density at radius 3 is 2.57 bits per heavy atom. The summed E-state index contributed by atoms with van der Waals surface area (Å²) in [6.07, 6.45) is 1.32. The molecular weight excluding hydrogens is 296 g/mol. The third-order valence-electron chi connectivity index (χ3n) is 3.40. The predicted octanol–water partition coefficient (Wildman–Crippen LogP) is 0.514. The number of hydrogen-bond donors (Lipinski definition) is 1. The molecule has 0 radical (unpaired) electrons. The first-order valence-corrected chi connectivity index (χ1v) is 7.34. The zero-order chi connectivity index (χ0) is 16.8. The van der Waals surface area contributed by atoms with Crippen LogP contribution in [0.2, 0.25) is 0 Å². The van der Waals surface area contributed by atoms with E-state index in [1.807, 2.05) is 49.3 Å². The number of nitrogens with one attached hydrogen (secondary N) is 1. The molecule has 122 valence electrons. The Balaban J connectivity index is 2.07. The van der Waals surface area contributed by atoms with E-state index < -0.39 is 23.8 Å². The summed E-state index contributed by atoms with van der Waals surface area (Å²) in [5, 5.41) is 2.21. The van der Waals surface area contributed by atoms with Crippen LogP contribution in [0.4, 0.5) is 4.79 Å². The number of aliphatic imine (C=N–C) groups is 1. The average Bonchev–Trinajstić information content (AvgIpc) is 2.51. The molecule has 4 amide bonds. The van der Waals surface area contributed by atoms with Gasteiger partial charge in [-0.1, -0.05) is 30.3 Å². The Labute approximate surface area is 135 Å². The molecule has 1 aromatic rings. The van der Waals surface area contributed by atoms with Crippen molar-refractivity contribution in [2.45, 2.75) is 6.54 Å². The number of nitrogens with zero attached hydrogens (tertiary/aromatic N) is 3. The van der Waals surface area contributed by atoms with Crippen molar-refractivity contribution in [3.05, 3.63) is 35.9 Å². The number of rotatable bonds is 6. The molecule has 0 aliphatic carbocycles. The fourth-order valence-corrected chi connectivity index (χ4v) is 2.12. The van der Waals surface area contributed by atoms with Crippen molar-refractivity contribution < 1.29 is 14.4 Å². The number of carbonyl (C=O) groups is 3. The van der Waals surface area contributed by atoms with Crippen molar-refractivity contribution in [3.63, 3.8) is 0 Å². The Morgan fingerprint density at radius 1 is 1.22 bits per heavy atom. The fraction of sp³-hybridized carbons (Fsp3) is 0.375. The van der Waals surface area contributed by atoms with Crippen LogP contribution in [0.3, 0.4) is 0 Å². The van der Waals surface area contributed by atoms with E-state index in [-0.39, 0.29) is 6.54 Å². The van der Waals surface area contributed by atoms with E-state index in [0.717, 1.165) is 10.5 Å². The second-order valence-corrected chi connectivity index (χ2v) is 5.54. The van der Waals surface area contributed by atoms with Gasteiger partial charge in [0.05, 0.1) is 13.1 Å². The number of amides is 4. The van der Waals surface area contributed by atoms with Gasteiger partial charge in [-0.05, 0) is 19.7 Å². The Bertz CT molecular complexity index is 613. The summed E-state index contributed by atoms with van der Waals surface area (Å²) in [4.78, 5) is 43.3. The lowest BCUT2D eigenvalue weighted by atomic mass is 10.1. The van der Waals surface area contributed by atoms with E-state index in [9.17, 15) is 14.4 Å². The van der Waals surface area contributed by atoms with Gasteiger partial charge in [0, 0.05) is 12.8 Å². The van der Waals surface area contributed by atoms with Crippen LogP contribution in [0, 0.1) is 5.92 Å². The van der Waals surface area contributed by atoms with Gasteiger partial charge in [-0.2, -0.15) is 0 Å². The summed E-state index contributed by atoms with van der Waals surface area (Å²) in [6, 6.07) is 8.45. The van der Waals surface area contributed by atoms with Crippen molar-refractivity contribution in [1.82, 2.24) is 15.1 Å². The maximum absolute atomic E-state index is 12.4. The van der Waals surface area contributed by atoms with Crippen molar-refractivity contribution in [1.29, 1.82) is 0 Å². The summed E-state index contributed by atoms with van der Waals surface area (Å²) in [7, 11) is 3.82. The third kappa shape index (κ3) is 4.46. The zero-order valence-electron chi connectivity index (χ0n) is 13.2. The summed E-state index contributed by atoms with van der Waals surface area (Å²) in [6.45, 7) is 1.32. The highest BCUT2D eigenvalue weighted by Gasteiger charge is 2.39. The summed E-state index contributed by atoms with van der Waals surface area (Å²) < 4.78 is 0. The minimum absolute atomic E-state index is 0.126. The second-order valence-electron chi connectivity index (χ2n) is 5.54. The van der Waals surface area contributed by atoms with E-state index >= 15 is 0 Å². The first-order valence-electron chi connectivity index (χ1n) is 7.34. The minimum Gasteiger partial charge on any atom is -0.308 e. The molecule has 1 N–H and O–H groups in total. The average molecular weight is 316 g/mol. The molecule has 2 rings (SSSR count). The molecule has 1 aliphatic heterocycles. The molecule has 7 heteroatoms. The number of likely N-dealkylation sites (N-methyl/N-ethyl adjacent to an activating group) is 1. The fourth-order valence-electron chi connectivity index (χ4n) is 2.12. The minimum atomic E-state index is -1.06. The van der Waals surface area contributed by atoms with Crippen LogP contribution in [0.1, 0.15) is 5.56 Å². The van der Waals surface area contributed by atoms with Gasteiger partial charge >= 0.3 is 6.03 Å². The van der Waals surface area contributed by atoms with Gasteiger partial charge in [0.1, 0.15) is 0 Å². The molecule has 1 unspecified atom stereocenters. The van der Waals surface area contributed by atoms with Gasteiger partial charge in [0.2, 0.25) is 11.8 Å². The topological polar surface area (TPSA) is 82.1 Å². The van der Waals surface area contributed by atoms with Crippen molar-refractivity contribution >= 4 is 24.1 Å². The SMILES string of the molecule is CN(C)CCN=CC1C(=O)NC(=O)N(Cc2ccccc2)C1=O. The molecule has 0 spiro atoms. The lowest BCUT2D eigenvalue weighted by Gasteiger charge is -2.28. The van der Waals surface area contributed by atoms with Crippen LogP contribution in [0.25, 0.3) is 0 Å². The molecule has 1 heterocycles. The number of carbonyl (C=O) groups excluding carboxylic acids is 3. The third-order valence-corrected chi connectivity index (χ3v) is 3.40. The number of imide groups is 2. The van der Waals surface area contributed by atoms with Crippen molar-refractivity contribution in [2.75, 3.05) is 27.2 Å². The number of hydrogen-bond acceptors (Lipinski definition) is 5. The second kappa shape index (κ2) is 7.64. The standard InChI is InChI=1S/C16H20N4O3/c1-19(2)9-8-17-10-13-14(21)18-16(23)20(15(13)22)11-12-6-4-3-5-7-12/h3-7,10,13H,8-9,11H2,1-2H3,(H,18,21,23). The highest BCUT2D eigenvalue weighted by molar-refractivity contribution is 6.23. The maximum Gasteiger partial charge on any atom is 0.331 e. The number of urea groups is 1. The van der Waals surface area contributed by atoms with Crippen molar-refractivity contribution in [3.8, 4) is 0 Å². The van der Waals surface area contributed by atoms with Crippen LogP contribution in [0.5, 0.6) is 0 Å². The Hall–Kier alpha value is -2.54. The van der Waals surface area contributed by atoms with Crippen LogP contribution < -0.4 is 5.32 Å². The molecule has 1 aliphatic rings. The number of benzene rings is 1. The lowest BCUT2D eigenvalue weighted by Crippen LogP contribution is -2.57. The highest BCUT2D eigenvalue weighted by Crippen LogP contribution is 2.13. The smallest absolute Gasteiger partial charge is 0.308 e. The van der Waals surface area contributed by atoms with Gasteiger partial charge in [-0.15, -0.1) is 0 Å². The Morgan fingerprint density at radius 2 is 1.91 bits per heavy atom. The van der Waals surface area contributed by atoms with E-state index in [2.05, 4.69) is 10.3 Å². The monoisotopic (exact) mass is 316 g/mol. The van der Waals surface area contributed by atoms with Gasteiger partial charge < -0.3 is 4.90 Å². The molecule has 0 bridgehead atoms. The quantitative estimate of drug-likeness (QED) is 0.612. The van der Waals surface area contributed by atoms with Crippen LogP contribution >= 0.6 is 0 Å². The molecule has 1 atom stereocenters. The molecule has 1 saturated heterocycles. The molecule has 0 saturated carbocycles. The predicted molar refractivity (Wildman–Crippen MR) is 85.9 cm³/mol. The van der Waals surface area contributed by atoms with Crippen molar-refractivity contribution in [2.24, 2.45) is 10.9 Å².